The number of nitrogens with zero attached hydrogens (tertiary/aromatic N) is 4. The summed E-state index contributed by atoms with van der Waals surface area (Å²) in [5, 5.41) is 3.16. The topological polar surface area (TPSA) is 81.5 Å². The van der Waals surface area contributed by atoms with Crippen LogP contribution in [0.1, 0.15) is 46.7 Å². The molecular formula is C26H31N5O3. The first-order valence-electron chi connectivity index (χ1n) is 11.9. The van der Waals surface area contributed by atoms with E-state index in [4.69, 9.17) is 19.4 Å². The van der Waals surface area contributed by atoms with Gasteiger partial charge in [0.1, 0.15) is 17.4 Å². The molecule has 34 heavy (non-hydrogen) atoms. The van der Waals surface area contributed by atoms with Crippen LogP contribution in [0.15, 0.2) is 36.7 Å². The van der Waals surface area contributed by atoms with Crippen LogP contribution in [-0.4, -0.2) is 53.9 Å². The number of rotatable bonds is 6. The molecule has 1 unspecified atom stereocenters. The Kier molecular flexibility index (Phi) is 6.24. The minimum atomic E-state index is -0.250. The maximum absolute atomic E-state index is 13.1. The molecule has 3 aromatic rings. The van der Waals surface area contributed by atoms with Gasteiger partial charge in [-0.3, -0.25) is 4.79 Å². The molecule has 2 aromatic heterocycles. The van der Waals surface area contributed by atoms with E-state index >= 15 is 0 Å². The quantitative estimate of drug-likeness (QED) is 0.605. The molecule has 0 bridgehead atoms. The van der Waals surface area contributed by atoms with Crippen LogP contribution in [0.25, 0.3) is 11.3 Å². The summed E-state index contributed by atoms with van der Waals surface area (Å²) in [6, 6.07) is 7.37. The van der Waals surface area contributed by atoms with Gasteiger partial charge in [0.2, 0.25) is 0 Å². The van der Waals surface area contributed by atoms with Crippen LogP contribution in [0.2, 0.25) is 0 Å². The van der Waals surface area contributed by atoms with Gasteiger partial charge in [-0.2, -0.15) is 0 Å². The minimum Gasteiger partial charge on any atom is -0.496 e. The molecule has 5 rings (SSSR count). The molecule has 1 saturated heterocycles. The molecule has 0 radical (unpaired) electrons. The fourth-order valence-electron chi connectivity index (χ4n) is 4.69. The van der Waals surface area contributed by atoms with Crippen LogP contribution in [0.3, 0.4) is 0 Å². The molecule has 1 fully saturated rings. The number of aryl methyl sites for hydroxylation is 3. The van der Waals surface area contributed by atoms with Gasteiger partial charge in [0.25, 0.3) is 5.91 Å². The Morgan fingerprint density at radius 1 is 1.21 bits per heavy atom. The molecule has 0 aliphatic carbocycles. The number of amides is 1. The van der Waals surface area contributed by atoms with Crippen molar-refractivity contribution in [1.29, 1.82) is 0 Å². The number of ether oxygens (including phenoxy) is 2. The van der Waals surface area contributed by atoms with E-state index < -0.39 is 0 Å². The minimum absolute atomic E-state index is 0.148. The number of morpholine rings is 1. The Bertz CT molecular complexity index is 1180. The lowest BCUT2D eigenvalue weighted by Gasteiger charge is -2.31. The third-order valence-corrected chi connectivity index (χ3v) is 6.64. The van der Waals surface area contributed by atoms with Gasteiger partial charge in [-0.05, 0) is 44.0 Å². The SMILES string of the molecule is COc1cc(C(=O)NC(C)c2cc(-c3cn4c(n3)CCC4)cnc2N2CCOCC2)ccc1C. The van der Waals surface area contributed by atoms with E-state index in [1.54, 1.807) is 13.2 Å². The Hall–Kier alpha value is -3.39. The summed E-state index contributed by atoms with van der Waals surface area (Å²) < 4.78 is 13.2. The van der Waals surface area contributed by atoms with Gasteiger partial charge in [-0.15, -0.1) is 0 Å². The predicted octanol–water partition coefficient (Wildman–Crippen LogP) is 3.54. The third kappa shape index (κ3) is 4.37. The normalized spacial score (nSPS) is 16.3. The molecule has 0 spiro atoms. The van der Waals surface area contributed by atoms with Crippen LogP contribution < -0.4 is 15.0 Å². The maximum Gasteiger partial charge on any atom is 0.251 e. The molecule has 8 heteroatoms. The first kappa shape index (κ1) is 22.4. The first-order valence-corrected chi connectivity index (χ1v) is 11.9. The molecule has 178 valence electrons. The highest BCUT2D eigenvalue weighted by Crippen LogP contribution is 2.31. The second kappa shape index (κ2) is 9.46. The number of carbonyl (C=O) groups excluding carboxylic acids is 1. The van der Waals surface area contributed by atoms with Gasteiger partial charge in [-0.1, -0.05) is 6.07 Å². The molecule has 8 nitrogen and oxygen atoms in total. The zero-order chi connectivity index (χ0) is 23.7. The molecule has 2 aliphatic rings. The highest BCUT2D eigenvalue weighted by atomic mass is 16.5. The molecule has 1 atom stereocenters. The lowest BCUT2D eigenvalue weighted by molar-refractivity contribution is 0.0939. The van der Waals surface area contributed by atoms with Crippen molar-refractivity contribution in [1.82, 2.24) is 19.9 Å². The van der Waals surface area contributed by atoms with Crippen molar-refractivity contribution in [3.63, 3.8) is 0 Å². The van der Waals surface area contributed by atoms with Crippen LogP contribution in [0, 0.1) is 6.92 Å². The fraction of sp³-hybridized carbons (Fsp3) is 0.423. The first-order chi connectivity index (χ1) is 16.5. The van der Waals surface area contributed by atoms with Gasteiger partial charge in [0.05, 0.1) is 32.1 Å². The molecule has 4 heterocycles. The van der Waals surface area contributed by atoms with Crippen molar-refractivity contribution in [3.05, 3.63) is 59.2 Å². The van der Waals surface area contributed by atoms with Crippen molar-refractivity contribution >= 4 is 11.7 Å². The lowest BCUT2D eigenvalue weighted by Crippen LogP contribution is -2.38. The number of hydrogen-bond donors (Lipinski definition) is 1. The van der Waals surface area contributed by atoms with E-state index in [-0.39, 0.29) is 11.9 Å². The van der Waals surface area contributed by atoms with Crippen molar-refractivity contribution in [3.8, 4) is 17.0 Å². The zero-order valence-electron chi connectivity index (χ0n) is 20.0. The van der Waals surface area contributed by atoms with E-state index in [2.05, 4.69) is 27.0 Å². The number of carbonyl (C=O) groups is 1. The Morgan fingerprint density at radius 3 is 2.79 bits per heavy atom. The molecule has 1 N–H and O–H groups in total. The summed E-state index contributed by atoms with van der Waals surface area (Å²) in [7, 11) is 1.62. The standard InChI is InChI=1S/C26H31N5O3/c1-17-6-7-19(14-23(17)33-3)26(32)28-18(2)21-13-20(22-16-31-8-4-5-24(31)29-22)15-27-25(21)30-9-11-34-12-10-30/h6-7,13-16,18H,4-5,8-12H2,1-3H3,(H,28,32). The lowest BCUT2D eigenvalue weighted by atomic mass is 10.0. The average Bonchev–Trinajstić information content (AvgIpc) is 3.47. The van der Waals surface area contributed by atoms with E-state index in [1.165, 1.54) is 0 Å². The average molecular weight is 462 g/mol. The van der Waals surface area contributed by atoms with Crippen molar-refractivity contribution in [2.24, 2.45) is 0 Å². The number of methoxy groups -OCH3 is 1. The van der Waals surface area contributed by atoms with E-state index in [9.17, 15) is 4.79 Å². The summed E-state index contributed by atoms with van der Waals surface area (Å²) in [5.74, 6) is 2.56. The van der Waals surface area contributed by atoms with E-state index in [1.807, 2.05) is 32.2 Å². The molecule has 1 amide bonds. The van der Waals surface area contributed by atoms with Gasteiger partial charge in [0.15, 0.2) is 0 Å². The summed E-state index contributed by atoms with van der Waals surface area (Å²) in [6.45, 7) is 7.85. The van der Waals surface area contributed by atoms with Crippen molar-refractivity contribution in [2.75, 3.05) is 38.3 Å². The molecule has 0 saturated carbocycles. The Labute approximate surface area is 199 Å². The monoisotopic (exact) mass is 461 g/mol. The van der Waals surface area contributed by atoms with Gasteiger partial charge in [0, 0.05) is 55.1 Å². The molecular weight excluding hydrogens is 430 g/mol. The molecule has 1 aromatic carbocycles. The number of fused-ring (bicyclic) bond motifs is 1. The largest absolute Gasteiger partial charge is 0.496 e. The highest BCUT2D eigenvalue weighted by molar-refractivity contribution is 5.95. The Balaban J connectivity index is 1.46. The third-order valence-electron chi connectivity index (χ3n) is 6.64. The number of benzene rings is 1. The van der Waals surface area contributed by atoms with Gasteiger partial charge in [-0.25, -0.2) is 9.97 Å². The van der Waals surface area contributed by atoms with E-state index in [0.717, 1.165) is 66.5 Å². The number of imidazole rings is 1. The van der Waals surface area contributed by atoms with Crippen LogP contribution in [0.5, 0.6) is 5.75 Å². The molecule has 2 aliphatic heterocycles. The van der Waals surface area contributed by atoms with Crippen LogP contribution >= 0.6 is 0 Å². The second-order valence-corrected chi connectivity index (χ2v) is 8.96. The summed E-state index contributed by atoms with van der Waals surface area (Å²) in [6.07, 6.45) is 6.17. The van der Waals surface area contributed by atoms with Crippen LogP contribution in [0.4, 0.5) is 5.82 Å². The maximum atomic E-state index is 13.1. The Morgan fingerprint density at radius 2 is 2.03 bits per heavy atom. The summed E-state index contributed by atoms with van der Waals surface area (Å²) >= 11 is 0. The number of pyridine rings is 1. The summed E-state index contributed by atoms with van der Waals surface area (Å²) in [5.41, 5.74) is 4.42. The van der Waals surface area contributed by atoms with Gasteiger partial charge >= 0.3 is 0 Å². The van der Waals surface area contributed by atoms with Gasteiger partial charge < -0.3 is 24.3 Å². The number of nitrogens with one attached hydrogen (secondary N) is 1. The van der Waals surface area contributed by atoms with Crippen LogP contribution in [-0.2, 0) is 17.7 Å². The van der Waals surface area contributed by atoms with Crippen molar-refractivity contribution < 1.29 is 14.3 Å². The van der Waals surface area contributed by atoms with E-state index in [0.29, 0.717) is 24.5 Å². The predicted molar refractivity (Wildman–Crippen MR) is 130 cm³/mol. The number of aromatic nitrogens is 3. The van der Waals surface area contributed by atoms with Crippen molar-refractivity contribution in [2.45, 2.75) is 39.3 Å². The zero-order valence-corrected chi connectivity index (χ0v) is 20.0. The number of hydrogen-bond acceptors (Lipinski definition) is 6. The highest BCUT2D eigenvalue weighted by Gasteiger charge is 2.23. The second-order valence-electron chi connectivity index (χ2n) is 8.96. The fourth-order valence-corrected chi connectivity index (χ4v) is 4.69. The smallest absolute Gasteiger partial charge is 0.251 e. The number of anilines is 1. The summed E-state index contributed by atoms with van der Waals surface area (Å²) in [4.78, 5) is 25.0.